The van der Waals surface area contributed by atoms with Gasteiger partial charge in [-0.25, -0.2) is 0 Å². The molecule has 0 saturated heterocycles. The summed E-state index contributed by atoms with van der Waals surface area (Å²) in [6, 6.07) is 11.9. The maximum Gasteiger partial charge on any atom is 0.262 e. The van der Waals surface area contributed by atoms with Gasteiger partial charge in [0.2, 0.25) is 0 Å². The van der Waals surface area contributed by atoms with Crippen molar-refractivity contribution in [2.24, 2.45) is 0 Å². The third-order valence-corrected chi connectivity index (χ3v) is 4.04. The zero-order valence-corrected chi connectivity index (χ0v) is 12.2. The van der Waals surface area contributed by atoms with Crippen LogP contribution in [0, 0.1) is 0 Å². The molecule has 2 N–H and O–H groups in total. The van der Waals surface area contributed by atoms with Gasteiger partial charge < -0.3 is 10.3 Å². The van der Waals surface area contributed by atoms with E-state index in [1.807, 2.05) is 18.2 Å². The van der Waals surface area contributed by atoms with E-state index in [1.54, 1.807) is 0 Å². The highest BCUT2D eigenvalue weighted by atomic mass is 79.9. The van der Waals surface area contributed by atoms with Gasteiger partial charge in [0.25, 0.3) is 11.5 Å². The molecule has 2 atom stereocenters. The topological polar surface area (TPSA) is 62.0 Å². The van der Waals surface area contributed by atoms with Gasteiger partial charge in [0.1, 0.15) is 0 Å². The van der Waals surface area contributed by atoms with Gasteiger partial charge in [-0.1, -0.05) is 30.3 Å². The van der Waals surface area contributed by atoms with Crippen molar-refractivity contribution in [2.75, 3.05) is 0 Å². The van der Waals surface area contributed by atoms with Crippen molar-refractivity contribution < 1.29 is 4.79 Å². The van der Waals surface area contributed by atoms with Crippen LogP contribution in [0.3, 0.4) is 0 Å². The Hall–Kier alpha value is -1.88. The number of amides is 1. The molecule has 5 heteroatoms. The van der Waals surface area contributed by atoms with Crippen molar-refractivity contribution in [3.05, 3.63) is 68.5 Å². The van der Waals surface area contributed by atoms with E-state index >= 15 is 0 Å². The van der Waals surface area contributed by atoms with Crippen LogP contribution in [0.4, 0.5) is 0 Å². The van der Waals surface area contributed by atoms with Crippen molar-refractivity contribution in [1.82, 2.24) is 10.3 Å². The lowest BCUT2D eigenvalue weighted by Crippen LogP contribution is -2.27. The smallest absolute Gasteiger partial charge is 0.262 e. The summed E-state index contributed by atoms with van der Waals surface area (Å²) in [5.41, 5.74) is 1.46. The normalized spacial score (nSPS) is 20.4. The van der Waals surface area contributed by atoms with Crippen LogP contribution in [0.2, 0.25) is 0 Å². The maximum atomic E-state index is 12.1. The van der Waals surface area contributed by atoms with Gasteiger partial charge in [-0.2, -0.15) is 0 Å². The summed E-state index contributed by atoms with van der Waals surface area (Å²) in [7, 11) is 0. The molecule has 1 aliphatic carbocycles. The third kappa shape index (κ3) is 2.67. The fourth-order valence-corrected chi connectivity index (χ4v) is 2.62. The Balaban J connectivity index is 1.66. The van der Waals surface area contributed by atoms with E-state index in [9.17, 15) is 9.59 Å². The Morgan fingerprint density at radius 1 is 1.30 bits per heavy atom. The number of aromatic nitrogens is 1. The Morgan fingerprint density at radius 2 is 2.05 bits per heavy atom. The number of pyridine rings is 1. The first-order chi connectivity index (χ1) is 9.65. The molecule has 1 saturated carbocycles. The predicted octanol–water partition coefficient (Wildman–Crippen LogP) is 2.42. The Morgan fingerprint density at radius 3 is 2.75 bits per heavy atom. The van der Waals surface area contributed by atoms with Crippen LogP contribution in [0.15, 0.2) is 51.9 Å². The van der Waals surface area contributed by atoms with Crippen molar-refractivity contribution in [3.63, 3.8) is 0 Å². The average Bonchev–Trinajstić information content (AvgIpc) is 3.22. The molecule has 0 unspecified atom stereocenters. The largest absolute Gasteiger partial charge is 0.349 e. The molecule has 1 amide bonds. The molecule has 102 valence electrons. The Bertz CT molecular complexity index is 697. The minimum atomic E-state index is -0.241. The van der Waals surface area contributed by atoms with Crippen LogP contribution >= 0.6 is 15.9 Å². The molecule has 4 nitrogen and oxygen atoms in total. The summed E-state index contributed by atoms with van der Waals surface area (Å²) in [6.07, 6.45) is 2.39. The monoisotopic (exact) mass is 332 g/mol. The van der Waals surface area contributed by atoms with E-state index < -0.39 is 0 Å². The van der Waals surface area contributed by atoms with Gasteiger partial charge in [0, 0.05) is 18.2 Å². The number of aromatic amines is 1. The molecule has 1 fully saturated rings. The van der Waals surface area contributed by atoms with Crippen LogP contribution in [-0.2, 0) is 0 Å². The van der Waals surface area contributed by atoms with Gasteiger partial charge in [0.05, 0.1) is 10.0 Å². The number of nitrogens with one attached hydrogen (secondary N) is 2. The summed E-state index contributed by atoms with van der Waals surface area (Å²) < 4.78 is 0.362. The molecule has 0 bridgehead atoms. The lowest BCUT2D eigenvalue weighted by Gasteiger charge is -2.05. The number of halogens is 1. The van der Waals surface area contributed by atoms with E-state index in [0.717, 1.165) is 6.42 Å². The first-order valence-corrected chi connectivity index (χ1v) is 7.18. The highest BCUT2D eigenvalue weighted by molar-refractivity contribution is 9.10. The maximum absolute atomic E-state index is 12.1. The fraction of sp³-hybridized carbons (Fsp3) is 0.200. The first-order valence-electron chi connectivity index (χ1n) is 6.39. The van der Waals surface area contributed by atoms with Crippen LogP contribution in [0.1, 0.15) is 28.3 Å². The van der Waals surface area contributed by atoms with Gasteiger partial charge >= 0.3 is 0 Å². The molecule has 0 radical (unpaired) electrons. The standard InChI is InChI=1S/C15H13BrN2O2/c16-12-6-10(8-17-15(12)20)14(19)18-13-7-11(13)9-4-2-1-3-5-9/h1-6,8,11,13H,7H2,(H,17,20)(H,18,19)/t11-,13-/m0/s1. The molecule has 1 heterocycles. The van der Waals surface area contributed by atoms with Crippen molar-refractivity contribution in [1.29, 1.82) is 0 Å². The zero-order valence-electron chi connectivity index (χ0n) is 10.6. The van der Waals surface area contributed by atoms with Gasteiger partial charge in [-0.05, 0) is 34.0 Å². The summed E-state index contributed by atoms with van der Waals surface area (Å²) in [6.45, 7) is 0. The third-order valence-electron chi connectivity index (χ3n) is 3.45. The van der Waals surface area contributed by atoms with E-state index in [1.165, 1.54) is 17.8 Å². The molecule has 3 rings (SSSR count). The van der Waals surface area contributed by atoms with Crippen LogP contribution in [0.5, 0.6) is 0 Å². The van der Waals surface area contributed by atoms with Crippen molar-refractivity contribution in [3.8, 4) is 0 Å². The lowest BCUT2D eigenvalue weighted by atomic mass is 10.1. The number of carbonyl (C=O) groups is 1. The second-order valence-electron chi connectivity index (χ2n) is 4.90. The summed E-state index contributed by atoms with van der Waals surface area (Å²) in [4.78, 5) is 25.8. The lowest BCUT2D eigenvalue weighted by molar-refractivity contribution is 0.0950. The second kappa shape index (κ2) is 5.25. The quantitative estimate of drug-likeness (QED) is 0.906. The number of hydrogen-bond acceptors (Lipinski definition) is 2. The van der Waals surface area contributed by atoms with E-state index in [4.69, 9.17) is 0 Å². The van der Waals surface area contributed by atoms with E-state index in [-0.39, 0.29) is 17.5 Å². The highest BCUT2D eigenvalue weighted by Gasteiger charge is 2.39. The summed E-state index contributed by atoms with van der Waals surface area (Å²) in [5.74, 6) is 0.233. The number of carbonyl (C=O) groups excluding carboxylic acids is 1. The van der Waals surface area contributed by atoms with Crippen molar-refractivity contribution in [2.45, 2.75) is 18.4 Å². The number of H-pyrrole nitrogens is 1. The van der Waals surface area contributed by atoms with Crippen LogP contribution < -0.4 is 10.9 Å². The predicted molar refractivity (Wildman–Crippen MR) is 79.8 cm³/mol. The molecule has 1 aromatic carbocycles. The Kier molecular flexibility index (Phi) is 3.44. The number of rotatable bonds is 3. The van der Waals surface area contributed by atoms with Gasteiger partial charge in [-0.3, -0.25) is 9.59 Å². The SMILES string of the molecule is O=C(N[C@H]1C[C@H]1c1ccccc1)c1c[nH]c(=O)c(Br)c1. The average molecular weight is 333 g/mol. The molecular formula is C15H13BrN2O2. The zero-order chi connectivity index (χ0) is 14.1. The molecule has 0 aliphatic heterocycles. The fourth-order valence-electron chi connectivity index (χ4n) is 2.26. The second-order valence-corrected chi connectivity index (χ2v) is 5.75. The van der Waals surface area contributed by atoms with E-state index in [2.05, 4.69) is 38.4 Å². The van der Waals surface area contributed by atoms with Crippen LogP contribution in [-0.4, -0.2) is 16.9 Å². The van der Waals surface area contributed by atoms with Crippen molar-refractivity contribution >= 4 is 21.8 Å². The van der Waals surface area contributed by atoms with Crippen LogP contribution in [0.25, 0.3) is 0 Å². The summed E-state index contributed by atoms with van der Waals surface area (Å²) >= 11 is 3.12. The molecule has 1 aliphatic rings. The van der Waals surface area contributed by atoms with E-state index in [0.29, 0.717) is 16.0 Å². The number of hydrogen-bond donors (Lipinski definition) is 2. The Labute approximate surface area is 124 Å². The molecule has 0 spiro atoms. The minimum absolute atomic E-state index is 0.162. The summed E-state index contributed by atoms with van der Waals surface area (Å²) in [5, 5.41) is 2.98. The molecule has 1 aromatic heterocycles. The molecule has 2 aromatic rings. The molecular weight excluding hydrogens is 320 g/mol. The minimum Gasteiger partial charge on any atom is -0.349 e. The van der Waals surface area contributed by atoms with Gasteiger partial charge in [-0.15, -0.1) is 0 Å². The first kappa shape index (κ1) is 13.1. The number of benzene rings is 1. The van der Waals surface area contributed by atoms with Gasteiger partial charge in [0.15, 0.2) is 0 Å². The molecule has 20 heavy (non-hydrogen) atoms. The highest BCUT2D eigenvalue weighted by Crippen LogP contribution is 2.40.